The normalized spacial score (nSPS) is 11.1. The van der Waals surface area contributed by atoms with Gasteiger partial charge in [0.25, 0.3) is 0 Å². The molecule has 0 atom stereocenters. The highest BCUT2D eigenvalue weighted by molar-refractivity contribution is 6.29. The lowest BCUT2D eigenvalue weighted by atomic mass is 9.93. The van der Waals surface area contributed by atoms with Gasteiger partial charge >= 0.3 is 0 Å². The average molecular weight is 270 g/mol. The maximum atomic E-state index is 11.3. The van der Waals surface area contributed by atoms with E-state index in [0.29, 0.717) is 11.4 Å². The van der Waals surface area contributed by atoms with Crippen molar-refractivity contribution in [3.05, 3.63) is 23.3 Å². The second-order valence-corrected chi connectivity index (χ2v) is 5.26. The van der Waals surface area contributed by atoms with Crippen molar-refractivity contribution in [3.8, 4) is 5.75 Å². The minimum Gasteiger partial charge on any atom is -0.507 e. The summed E-state index contributed by atoms with van der Waals surface area (Å²) in [5.74, 6) is 0.385. The van der Waals surface area contributed by atoms with Crippen LogP contribution in [0.4, 0.5) is 5.69 Å². The third-order valence-electron chi connectivity index (χ3n) is 2.82. The summed E-state index contributed by atoms with van der Waals surface area (Å²) in [5, 5.41) is 12.9. The second-order valence-electron chi connectivity index (χ2n) is 4.99. The van der Waals surface area contributed by atoms with Gasteiger partial charge < -0.3 is 10.4 Å². The zero-order valence-electron chi connectivity index (χ0n) is 11.2. The monoisotopic (exact) mass is 269 g/mol. The van der Waals surface area contributed by atoms with Crippen molar-refractivity contribution < 1.29 is 9.90 Å². The van der Waals surface area contributed by atoms with Crippen molar-refractivity contribution in [2.75, 3.05) is 11.2 Å². The van der Waals surface area contributed by atoms with Crippen LogP contribution in [-0.4, -0.2) is 16.9 Å². The number of amides is 1. The van der Waals surface area contributed by atoms with Crippen molar-refractivity contribution in [3.63, 3.8) is 0 Å². The maximum Gasteiger partial charge on any atom is 0.239 e. The Balaban J connectivity index is 3.24. The molecule has 1 rings (SSSR count). The molecule has 0 radical (unpaired) electrons. The number of carbonyl (C=O) groups excluding carboxylic acids is 1. The molecule has 3 nitrogen and oxygen atoms in total. The van der Waals surface area contributed by atoms with Gasteiger partial charge in [0.1, 0.15) is 11.6 Å². The topological polar surface area (TPSA) is 49.3 Å². The highest BCUT2D eigenvalue weighted by Gasteiger charge is 2.15. The van der Waals surface area contributed by atoms with Gasteiger partial charge in [-0.15, -0.1) is 11.6 Å². The van der Waals surface area contributed by atoms with Crippen LogP contribution in [0.25, 0.3) is 0 Å². The van der Waals surface area contributed by atoms with Crippen LogP contribution >= 0.6 is 11.6 Å². The molecular formula is C14H20ClNO2. The van der Waals surface area contributed by atoms with Crippen LogP contribution in [0.15, 0.2) is 12.1 Å². The summed E-state index contributed by atoms with van der Waals surface area (Å²) in [5.41, 5.74) is 2.36. The Bertz CT molecular complexity index is 412. The number of phenols is 1. The van der Waals surface area contributed by atoms with Crippen molar-refractivity contribution in [1.29, 1.82) is 0 Å². The van der Waals surface area contributed by atoms with Gasteiger partial charge in [-0.25, -0.2) is 0 Å². The molecule has 0 unspecified atom stereocenters. The van der Waals surface area contributed by atoms with E-state index in [1.165, 1.54) is 0 Å². The number of nitrogens with one attached hydrogen (secondary N) is 1. The fourth-order valence-electron chi connectivity index (χ4n) is 1.83. The molecule has 18 heavy (non-hydrogen) atoms. The van der Waals surface area contributed by atoms with Gasteiger partial charge in [-0.1, -0.05) is 27.7 Å². The fourth-order valence-corrected chi connectivity index (χ4v) is 1.89. The number of benzene rings is 1. The second kappa shape index (κ2) is 6.10. The highest BCUT2D eigenvalue weighted by Crippen LogP contribution is 2.36. The molecule has 0 bridgehead atoms. The van der Waals surface area contributed by atoms with Crippen LogP contribution in [-0.2, 0) is 4.79 Å². The zero-order valence-corrected chi connectivity index (χ0v) is 12.0. The first kappa shape index (κ1) is 14.8. The van der Waals surface area contributed by atoms with E-state index >= 15 is 0 Å². The fraction of sp³-hybridized carbons (Fsp3) is 0.500. The van der Waals surface area contributed by atoms with E-state index in [0.717, 1.165) is 11.1 Å². The van der Waals surface area contributed by atoms with Crippen molar-refractivity contribution in [2.24, 2.45) is 0 Å². The molecule has 0 saturated carbocycles. The largest absolute Gasteiger partial charge is 0.507 e. The molecule has 1 aromatic rings. The number of aromatic hydroxyl groups is 1. The summed E-state index contributed by atoms with van der Waals surface area (Å²) in [4.78, 5) is 11.3. The Labute approximate surface area is 113 Å². The zero-order chi connectivity index (χ0) is 13.9. The van der Waals surface area contributed by atoms with E-state index < -0.39 is 0 Å². The molecular weight excluding hydrogens is 250 g/mol. The Morgan fingerprint density at radius 3 is 2.00 bits per heavy atom. The number of anilines is 1. The van der Waals surface area contributed by atoms with E-state index in [2.05, 4.69) is 5.32 Å². The standard InChI is InChI=1S/C14H20ClNO2/c1-8(2)11-5-10(16-13(17)7-15)6-12(9(3)4)14(11)18/h5-6,8-9,18H,7H2,1-4H3,(H,16,17). The number of hydrogen-bond acceptors (Lipinski definition) is 2. The number of hydrogen-bond donors (Lipinski definition) is 2. The number of carbonyl (C=O) groups is 1. The van der Waals surface area contributed by atoms with Gasteiger partial charge in [-0.3, -0.25) is 4.79 Å². The third kappa shape index (κ3) is 3.39. The van der Waals surface area contributed by atoms with Crippen LogP contribution < -0.4 is 5.32 Å². The van der Waals surface area contributed by atoms with Crippen molar-refractivity contribution in [2.45, 2.75) is 39.5 Å². The number of alkyl halides is 1. The molecule has 1 aromatic carbocycles. The summed E-state index contributed by atoms with van der Waals surface area (Å²) in [6.07, 6.45) is 0. The molecule has 0 saturated heterocycles. The molecule has 1 amide bonds. The molecule has 4 heteroatoms. The quantitative estimate of drug-likeness (QED) is 0.645. The molecule has 100 valence electrons. The first-order chi connectivity index (χ1) is 8.36. The lowest BCUT2D eigenvalue weighted by molar-refractivity contribution is -0.113. The van der Waals surface area contributed by atoms with Gasteiger partial charge in [0, 0.05) is 5.69 Å². The Morgan fingerprint density at radius 1 is 1.22 bits per heavy atom. The molecule has 0 fully saturated rings. The van der Waals surface area contributed by atoms with Crippen LogP contribution in [0.2, 0.25) is 0 Å². The van der Waals surface area contributed by atoms with Gasteiger partial charge in [-0.05, 0) is 35.1 Å². The smallest absolute Gasteiger partial charge is 0.239 e. The van der Waals surface area contributed by atoms with Crippen LogP contribution in [0.5, 0.6) is 5.75 Å². The maximum absolute atomic E-state index is 11.3. The van der Waals surface area contributed by atoms with Crippen LogP contribution in [0.1, 0.15) is 50.7 Å². The Morgan fingerprint density at radius 2 is 1.67 bits per heavy atom. The number of phenolic OH excluding ortho intramolecular Hbond substituents is 1. The Kier molecular flexibility index (Phi) is 5.03. The van der Waals surface area contributed by atoms with Crippen molar-refractivity contribution >= 4 is 23.2 Å². The first-order valence-corrected chi connectivity index (χ1v) is 6.62. The minimum absolute atomic E-state index is 0.0745. The first-order valence-electron chi connectivity index (χ1n) is 6.09. The number of rotatable bonds is 4. The summed E-state index contributed by atoms with van der Waals surface area (Å²) in [6.45, 7) is 8.03. The molecule has 2 N–H and O–H groups in total. The van der Waals surface area contributed by atoms with Gasteiger partial charge in [-0.2, -0.15) is 0 Å². The van der Waals surface area contributed by atoms with E-state index in [4.69, 9.17) is 11.6 Å². The summed E-state index contributed by atoms with van der Waals surface area (Å²) >= 11 is 5.48. The predicted octanol–water partition coefficient (Wildman–Crippen LogP) is 3.82. The molecule has 0 spiro atoms. The minimum atomic E-state index is -0.244. The van der Waals surface area contributed by atoms with Gasteiger partial charge in [0.05, 0.1) is 0 Å². The molecule has 0 heterocycles. The van der Waals surface area contributed by atoms with E-state index in [1.54, 1.807) is 12.1 Å². The third-order valence-corrected chi connectivity index (χ3v) is 3.06. The lowest BCUT2D eigenvalue weighted by Crippen LogP contribution is -2.13. The summed E-state index contributed by atoms with van der Waals surface area (Å²) < 4.78 is 0. The summed E-state index contributed by atoms with van der Waals surface area (Å²) in [7, 11) is 0. The molecule has 0 aliphatic carbocycles. The van der Waals surface area contributed by atoms with Gasteiger partial charge in [0.2, 0.25) is 5.91 Å². The summed E-state index contributed by atoms with van der Waals surface area (Å²) in [6, 6.07) is 3.60. The number of halogens is 1. The van der Waals surface area contributed by atoms with E-state index in [9.17, 15) is 9.90 Å². The lowest BCUT2D eigenvalue weighted by Gasteiger charge is -2.17. The predicted molar refractivity (Wildman–Crippen MR) is 75.6 cm³/mol. The van der Waals surface area contributed by atoms with Gasteiger partial charge in [0.15, 0.2) is 0 Å². The molecule has 0 aromatic heterocycles. The Hall–Kier alpha value is -1.22. The SMILES string of the molecule is CC(C)c1cc(NC(=O)CCl)cc(C(C)C)c1O. The molecule has 0 aliphatic rings. The molecule has 0 aliphatic heterocycles. The van der Waals surface area contributed by atoms with Crippen LogP contribution in [0.3, 0.4) is 0 Å². The average Bonchev–Trinajstić information content (AvgIpc) is 2.30. The van der Waals surface area contributed by atoms with Crippen molar-refractivity contribution in [1.82, 2.24) is 0 Å². The highest BCUT2D eigenvalue weighted by atomic mass is 35.5. The van der Waals surface area contributed by atoms with E-state index in [1.807, 2.05) is 27.7 Å². The van der Waals surface area contributed by atoms with Crippen LogP contribution in [0, 0.1) is 0 Å². The van der Waals surface area contributed by atoms with E-state index in [-0.39, 0.29) is 23.6 Å².